The van der Waals surface area contributed by atoms with E-state index < -0.39 is 4.92 Å². The van der Waals surface area contributed by atoms with Crippen LogP contribution in [0.15, 0.2) is 53.5 Å². The highest BCUT2D eigenvalue weighted by molar-refractivity contribution is 14.0. The Morgan fingerprint density at radius 3 is 2.46 bits per heavy atom. The van der Waals surface area contributed by atoms with Gasteiger partial charge < -0.3 is 15.4 Å². The number of ether oxygens (including phenoxy) is 1. The first-order valence-corrected chi connectivity index (χ1v) is 7.93. The fourth-order valence-corrected chi connectivity index (χ4v) is 2.37. The normalized spacial score (nSPS) is 10.6. The summed E-state index contributed by atoms with van der Waals surface area (Å²) in [5, 5.41) is 17.1. The van der Waals surface area contributed by atoms with Gasteiger partial charge in [-0.3, -0.25) is 15.1 Å². The number of nitrogens with one attached hydrogen (secondary N) is 2. The van der Waals surface area contributed by atoms with Crippen LogP contribution in [0.4, 0.5) is 5.69 Å². The van der Waals surface area contributed by atoms with Crippen LogP contribution in [0.2, 0.25) is 0 Å². The Labute approximate surface area is 170 Å². The zero-order valence-corrected chi connectivity index (χ0v) is 17.1. The molecule has 0 saturated carbocycles. The third kappa shape index (κ3) is 6.51. The number of non-ortho nitro benzene ring substituents is 1. The summed E-state index contributed by atoms with van der Waals surface area (Å²) in [4.78, 5) is 14.4. The summed E-state index contributed by atoms with van der Waals surface area (Å²) in [5.41, 5.74) is 2.16. The molecule has 0 aromatic heterocycles. The van der Waals surface area contributed by atoms with Crippen molar-refractivity contribution in [3.8, 4) is 5.75 Å². The summed E-state index contributed by atoms with van der Waals surface area (Å²) in [6.07, 6.45) is 0.808. The first kappa shape index (κ1) is 21.7. The lowest BCUT2D eigenvalue weighted by Gasteiger charge is -2.13. The van der Waals surface area contributed by atoms with Gasteiger partial charge in [-0.15, -0.1) is 24.0 Å². The number of nitro groups is 1. The fraction of sp³-hybridized carbons (Fsp3) is 0.278. The van der Waals surface area contributed by atoms with Crippen molar-refractivity contribution in [2.75, 3.05) is 20.7 Å². The molecule has 0 saturated heterocycles. The van der Waals surface area contributed by atoms with Crippen LogP contribution in [0, 0.1) is 10.1 Å². The molecule has 0 fully saturated rings. The molecule has 26 heavy (non-hydrogen) atoms. The maximum absolute atomic E-state index is 10.7. The van der Waals surface area contributed by atoms with Crippen molar-refractivity contribution in [2.24, 2.45) is 4.99 Å². The zero-order valence-electron chi connectivity index (χ0n) is 14.8. The average molecular weight is 470 g/mol. The van der Waals surface area contributed by atoms with E-state index in [9.17, 15) is 10.1 Å². The highest BCUT2D eigenvalue weighted by Crippen LogP contribution is 2.17. The number of methoxy groups -OCH3 is 1. The van der Waals surface area contributed by atoms with Crippen LogP contribution in [0.5, 0.6) is 5.75 Å². The third-order valence-electron chi connectivity index (χ3n) is 3.71. The van der Waals surface area contributed by atoms with Gasteiger partial charge in [0.25, 0.3) is 5.69 Å². The highest BCUT2D eigenvalue weighted by Gasteiger charge is 2.05. The smallest absolute Gasteiger partial charge is 0.269 e. The first-order valence-electron chi connectivity index (χ1n) is 7.93. The molecule has 2 rings (SSSR count). The van der Waals surface area contributed by atoms with E-state index in [1.54, 1.807) is 26.3 Å². The quantitative estimate of drug-likeness (QED) is 0.214. The number of rotatable bonds is 7. The molecule has 0 atom stereocenters. The maximum Gasteiger partial charge on any atom is 0.269 e. The van der Waals surface area contributed by atoms with Crippen molar-refractivity contribution < 1.29 is 9.66 Å². The molecule has 7 nitrogen and oxygen atoms in total. The van der Waals surface area contributed by atoms with Gasteiger partial charge in [-0.1, -0.05) is 30.3 Å². The molecule has 140 valence electrons. The minimum atomic E-state index is -0.407. The van der Waals surface area contributed by atoms with Crippen molar-refractivity contribution in [2.45, 2.75) is 13.0 Å². The number of guanidine groups is 1. The molecule has 2 aromatic carbocycles. The van der Waals surface area contributed by atoms with Crippen LogP contribution >= 0.6 is 24.0 Å². The molecule has 0 aliphatic rings. The first-order chi connectivity index (χ1) is 12.1. The lowest BCUT2D eigenvalue weighted by molar-refractivity contribution is -0.384. The number of benzene rings is 2. The van der Waals surface area contributed by atoms with E-state index in [1.807, 2.05) is 24.3 Å². The Kier molecular flexibility index (Phi) is 9.42. The summed E-state index contributed by atoms with van der Waals surface area (Å²) >= 11 is 0. The number of hydrogen-bond acceptors (Lipinski definition) is 4. The molecule has 0 spiro atoms. The summed E-state index contributed by atoms with van der Waals surface area (Å²) in [6, 6.07) is 14.4. The SMILES string of the molecule is CN=C(NCCc1ccccc1OC)NCc1ccc([N+](=O)[O-])cc1.I. The topological polar surface area (TPSA) is 88.8 Å². The van der Waals surface area contributed by atoms with Gasteiger partial charge in [-0.05, 0) is 23.6 Å². The molecule has 0 heterocycles. The second kappa shape index (κ2) is 11.3. The molecule has 0 aliphatic heterocycles. The summed E-state index contributed by atoms with van der Waals surface area (Å²) < 4.78 is 5.34. The van der Waals surface area contributed by atoms with Crippen molar-refractivity contribution >= 4 is 35.6 Å². The largest absolute Gasteiger partial charge is 0.496 e. The second-order valence-electron chi connectivity index (χ2n) is 5.34. The molecular formula is C18H23IN4O3. The van der Waals surface area contributed by atoms with E-state index in [2.05, 4.69) is 15.6 Å². The van der Waals surface area contributed by atoms with Crippen LogP contribution in [0.3, 0.4) is 0 Å². The summed E-state index contributed by atoms with van der Waals surface area (Å²) in [5.74, 6) is 1.55. The summed E-state index contributed by atoms with van der Waals surface area (Å²) in [7, 11) is 3.37. The van der Waals surface area contributed by atoms with Crippen LogP contribution in [-0.4, -0.2) is 31.6 Å². The second-order valence-corrected chi connectivity index (χ2v) is 5.34. The van der Waals surface area contributed by atoms with Crippen molar-refractivity contribution in [3.63, 3.8) is 0 Å². The molecule has 8 heteroatoms. The Morgan fingerprint density at radius 1 is 1.15 bits per heavy atom. The minimum Gasteiger partial charge on any atom is -0.496 e. The molecule has 0 unspecified atom stereocenters. The number of para-hydroxylation sites is 1. The predicted octanol–water partition coefficient (Wildman–Crippen LogP) is 3.13. The number of nitro benzene ring substituents is 1. The lowest BCUT2D eigenvalue weighted by atomic mass is 10.1. The predicted molar refractivity (Wildman–Crippen MR) is 113 cm³/mol. The lowest BCUT2D eigenvalue weighted by Crippen LogP contribution is -2.37. The van der Waals surface area contributed by atoms with Crippen molar-refractivity contribution in [3.05, 3.63) is 69.8 Å². The van der Waals surface area contributed by atoms with Gasteiger partial charge in [-0.25, -0.2) is 0 Å². The molecule has 2 N–H and O–H groups in total. The van der Waals surface area contributed by atoms with Gasteiger partial charge in [0.05, 0.1) is 12.0 Å². The Hall–Kier alpha value is -2.36. The van der Waals surface area contributed by atoms with Gasteiger partial charge in [0.2, 0.25) is 0 Å². The molecule has 0 bridgehead atoms. The average Bonchev–Trinajstić information content (AvgIpc) is 2.65. The minimum absolute atomic E-state index is 0. The number of hydrogen-bond donors (Lipinski definition) is 2. The van der Waals surface area contributed by atoms with Crippen molar-refractivity contribution in [1.29, 1.82) is 0 Å². The molecule has 2 aromatic rings. The van der Waals surface area contributed by atoms with Crippen LogP contribution in [0.25, 0.3) is 0 Å². The van der Waals surface area contributed by atoms with Gasteiger partial charge in [-0.2, -0.15) is 0 Å². The van der Waals surface area contributed by atoms with Gasteiger partial charge in [0, 0.05) is 32.3 Å². The van der Waals surface area contributed by atoms with Crippen LogP contribution < -0.4 is 15.4 Å². The zero-order chi connectivity index (χ0) is 18.1. The molecule has 0 radical (unpaired) electrons. The van der Waals surface area contributed by atoms with E-state index in [-0.39, 0.29) is 29.7 Å². The highest BCUT2D eigenvalue weighted by atomic mass is 127. The Balaban J connectivity index is 0.00000338. The van der Waals surface area contributed by atoms with E-state index in [4.69, 9.17) is 4.74 Å². The van der Waals surface area contributed by atoms with Gasteiger partial charge in [0.1, 0.15) is 5.75 Å². The van der Waals surface area contributed by atoms with E-state index in [0.717, 1.165) is 23.3 Å². The Morgan fingerprint density at radius 2 is 1.85 bits per heavy atom. The number of halogens is 1. The Bertz CT molecular complexity index is 735. The molecule has 0 aliphatic carbocycles. The molecule has 0 amide bonds. The van der Waals surface area contributed by atoms with Gasteiger partial charge >= 0.3 is 0 Å². The van der Waals surface area contributed by atoms with E-state index >= 15 is 0 Å². The van der Waals surface area contributed by atoms with E-state index in [1.165, 1.54) is 12.1 Å². The number of aliphatic imine (C=N–C) groups is 1. The monoisotopic (exact) mass is 470 g/mol. The summed E-state index contributed by atoms with van der Waals surface area (Å²) in [6.45, 7) is 1.24. The standard InChI is InChI=1S/C18H22N4O3.HI/c1-19-18(20-12-11-15-5-3-4-6-17(15)25-2)21-13-14-7-9-16(10-8-14)22(23)24;/h3-10H,11-13H2,1-2H3,(H2,19,20,21);1H. The van der Waals surface area contributed by atoms with Crippen LogP contribution in [-0.2, 0) is 13.0 Å². The maximum atomic E-state index is 10.7. The van der Waals surface area contributed by atoms with Crippen LogP contribution in [0.1, 0.15) is 11.1 Å². The van der Waals surface area contributed by atoms with Crippen molar-refractivity contribution in [1.82, 2.24) is 10.6 Å². The molecular weight excluding hydrogens is 447 g/mol. The third-order valence-corrected chi connectivity index (χ3v) is 3.71. The van der Waals surface area contributed by atoms with E-state index in [0.29, 0.717) is 19.0 Å². The fourth-order valence-electron chi connectivity index (χ4n) is 2.37. The van der Waals surface area contributed by atoms with Gasteiger partial charge in [0.15, 0.2) is 5.96 Å². The number of nitrogens with zero attached hydrogens (tertiary/aromatic N) is 2.